The largest absolute Gasteiger partial charge is 0.493 e. The lowest BCUT2D eigenvalue weighted by atomic mass is 10.1. The molecule has 0 radical (unpaired) electrons. The minimum Gasteiger partial charge on any atom is -0.493 e. The number of nitrogens with zero attached hydrogens (tertiary/aromatic N) is 1. The van der Waals surface area contributed by atoms with Crippen molar-refractivity contribution in [2.75, 3.05) is 19.0 Å². The van der Waals surface area contributed by atoms with Crippen LogP contribution in [0.2, 0.25) is 0 Å². The molecule has 0 bridgehead atoms. The van der Waals surface area contributed by atoms with Crippen LogP contribution in [-0.4, -0.2) is 46.7 Å². The molecule has 0 saturated carbocycles. The number of anilines is 1. The highest BCUT2D eigenvalue weighted by molar-refractivity contribution is 8.18. The molecule has 4 rings (SSSR count). The second kappa shape index (κ2) is 11.7. The first-order valence-corrected chi connectivity index (χ1v) is 12.3. The van der Waals surface area contributed by atoms with E-state index in [1.165, 1.54) is 19.2 Å². The minimum atomic E-state index is -1.00. The fraction of sp³-hybridized carbons (Fsp3) is 0.143. The van der Waals surface area contributed by atoms with Gasteiger partial charge in [0.05, 0.1) is 17.6 Å². The van der Waals surface area contributed by atoms with Crippen molar-refractivity contribution in [3.8, 4) is 11.5 Å². The first kappa shape index (κ1) is 26.5. The fourth-order valence-electron chi connectivity index (χ4n) is 3.65. The lowest BCUT2D eigenvalue weighted by Crippen LogP contribution is -2.36. The predicted octanol–water partition coefficient (Wildman–Crippen LogP) is 4.96. The highest BCUT2D eigenvalue weighted by atomic mass is 32.2. The molecule has 1 aliphatic rings. The third-order valence-corrected chi connectivity index (χ3v) is 6.47. The SMILES string of the molecule is COc1cc(/C=C2\SC(=O)N(CC(=O)Nc3cccc(C)c3)C2=O)ccc1OCc1ccc(C(=O)O)cc1. The Bertz CT molecular complexity index is 1430. The van der Waals surface area contributed by atoms with Crippen LogP contribution in [0.1, 0.15) is 27.0 Å². The number of ether oxygens (including phenoxy) is 2. The number of benzene rings is 3. The van der Waals surface area contributed by atoms with Crippen molar-refractivity contribution in [3.05, 3.63) is 93.9 Å². The number of aryl methyl sites for hydroxylation is 1. The monoisotopic (exact) mass is 532 g/mol. The summed E-state index contributed by atoms with van der Waals surface area (Å²) in [7, 11) is 1.48. The molecule has 1 fully saturated rings. The van der Waals surface area contributed by atoms with E-state index < -0.39 is 23.0 Å². The van der Waals surface area contributed by atoms with E-state index in [0.717, 1.165) is 27.8 Å². The van der Waals surface area contributed by atoms with Gasteiger partial charge in [-0.2, -0.15) is 0 Å². The van der Waals surface area contributed by atoms with Crippen molar-refractivity contribution >= 4 is 46.5 Å². The third kappa shape index (κ3) is 6.40. The molecular formula is C28H24N2O7S. The van der Waals surface area contributed by atoms with Crippen LogP contribution in [0.5, 0.6) is 11.5 Å². The van der Waals surface area contributed by atoms with Gasteiger partial charge in [0.25, 0.3) is 11.1 Å². The number of amides is 3. The molecule has 10 heteroatoms. The Morgan fingerprint density at radius 3 is 2.47 bits per heavy atom. The number of hydrogen-bond acceptors (Lipinski definition) is 7. The summed E-state index contributed by atoms with van der Waals surface area (Å²) in [5.74, 6) is -1.16. The maximum Gasteiger partial charge on any atom is 0.335 e. The molecule has 3 aromatic rings. The summed E-state index contributed by atoms with van der Waals surface area (Å²) in [6.07, 6.45) is 1.56. The van der Waals surface area contributed by atoms with Gasteiger partial charge in [0.1, 0.15) is 13.2 Å². The van der Waals surface area contributed by atoms with E-state index in [0.29, 0.717) is 22.7 Å². The Kier molecular flexibility index (Phi) is 8.12. The Balaban J connectivity index is 1.41. The van der Waals surface area contributed by atoms with Crippen molar-refractivity contribution in [1.82, 2.24) is 4.90 Å². The van der Waals surface area contributed by atoms with Gasteiger partial charge in [0, 0.05) is 5.69 Å². The first-order valence-electron chi connectivity index (χ1n) is 11.5. The summed E-state index contributed by atoms with van der Waals surface area (Å²) >= 11 is 0.760. The van der Waals surface area contributed by atoms with Gasteiger partial charge in [-0.05, 0) is 77.9 Å². The normalized spacial score (nSPS) is 14.1. The number of methoxy groups -OCH3 is 1. The lowest BCUT2D eigenvalue weighted by Gasteiger charge is -2.13. The second-order valence-corrected chi connectivity index (χ2v) is 9.38. The minimum absolute atomic E-state index is 0.187. The number of imide groups is 1. The molecule has 3 amide bonds. The van der Waals surface area contributed by atoms with Crippen LogP contribution in [0.3, 0.4) is 0 Å². The van der Waals surface area contributed by atoms with Crippen LogP contribution >= 0.6 is 11.8 Å². The molecule has 38 heavy (non-hydrogen) atoms. The van der Waals surface area contributed by atoms with Gasteiger partial charge in [0.2, 0.25) is 5.91 Å². The van der Waals surface area contributed by atoms with Gasteiger partial charge < -0.3 is 19.9 Å². The summed E-state index contributed by atoms with van der Waals surface area (Å²) in [6.45, 7) is 1.70. The van der Waals surface area contributed by atoms with Crippen molar-refractivity contribution < 1.29 is 33.8 Å². The molecule has 0 aliphatic carbocycles. The van der Waals surface area contributed by atoms with Crippen molar-refractivity contribution in [3.63, 3.8) is 0 Å². The summed E-state index contributed by atoms with van der Waals surface area (Å²) in [4.78, 5) is 49.8. The maximum atomic E-state index is 12.9. The van der Waals surface area contributed by atoms with Gasteiger partial charge in [-0.1, -0.05) is 30.3 Å². The zero-order chi connectivity index (χ0) is 27.2. The van der Waals surface area contributed by atoms with Crippen LogP contribution in [0.15, 0.2) is 71.6 Å². The van der Waals surface area contributed by atoms with E-state index in [2.05, 4.69) is 5.32 Å². The van der Waals surface area contributed by atoms with Crippen LogP contribution in [0.4, 0.5) is 10.5 Å². The Morgan fingerprint density at radius 2 is 1.79 bits per heavy atom. The molecule has 1 aliphatic heterocycles. The molecule has 2 N–H and O–H groups in total. The predicted molar refractivity (Wildman–Crippen MR) is 143 cm³/mol. The Morgan fingerprint density at radius 1 is 1.03 bits per heavy atom. The number of thioether (sulfide) groups is 1. The lowest BCUT2D eigenvalue weighted by molar-refractivity contribution is -0.127. The van der Waals surface area contributed by atoms with Crippen molar-refractivity contribution in [2.24, 2.45) is 0 Å². The number of carboxylic acid groups (broad SMARTS) is 1. The van der Waals surface area contributed by atoms with Gasteiger partial charge >= 0.3 is 5.97 Å². The van der Waals surface area contributed by atoms with Gasteiger partial charge in [-0.25, -0.2) is 4.79 Å². The van der Waals surface area contributed by atoms with E-state index >= 15 is 0 Å². The second-order valence-electron chi connectivity index (χ2n) is 8.39. The fourth-order valence-corrected chi connectivity index (χ4v) is 4.49. The highest BCUT2D eigenvalue weighted by Crippen LogP contribution is 2.34. The quantitative estimate of drug-likeness (QED) is 0.371. The topological polar surface area (TPSA) is 122 Å². The Hall–Kier alpha value is -4.57. The number of carbonyl (C=O) groups is 4. The smallest absolute Gasteiger partial charge is 0.335 e. The third-order valence-electron chi connectivity index (χ3n) is 5.56. The van der Waals surface area contributed by atoms with Crippen molar-refractivity contribution in [2.45, 2.75) is 13.5 Å². The summed E-state index contributed by atoms with van der Waals surface area (Å²) < 4.78 is 11.2. The number of rotatable bonds is 9. The summed E-state index contributed by atoms with van der Waals surface area (Å²) in [5.41, 5.74) is 3.13. The Labute approximate surface area is 223 Å². The zero-order valence-corrected chi connectivity index (χ0v) is 21.4. The number of aromatic carboxylic acids is 1. The van der Waals surface area contributed by atoms with E-state index in [-0.39, 0.29) is 23.6 Å². The van der Waals surface area contributed by atoms with Gasteiger partial charge in [0.15, 0.2) is 11.5 Å². The molecule has 0 unspecified atom stereocenters. The zero-order valence-electron chi connectivity index (χ0n) is 20.6. The van der Waals surface area contributed by atoms with E-state index in [1.54, 1.807) is 54.6 Å². The summed E-state index contributed by atoms with van der Waals surface area (Å²) in [5, 5.41) is 11.2. The average Bonchev–Trinajstić information content (AvgIpc) is 3.15. The molecule has 3 aromatic carbocycles. The number of carboxylic acids is 1. The molecule has 0 atom stereocenters. The summed E-state index contributed by atoms with van der Waals surface area (Å²) in [6, 6.07) is 18.6. The average molecular weight is 533 g/mol. The number of nitrogens with one attached hydrogen (secondary N) is 1. The van der Waals surface area contributed by atoms with E-state index in [9.17, 15) is 19.2 Å². The number of hydrogen-bond donors (Lipinski definition) is 2. The molecule has 0 spiro atoms. The van der Waals surface area contributed by atoms with Crippen LogP contribution in [-0.2, 0) is 16.2 Å². The molecular weight excluding hydrogens is 508 g/mol. The van der Waals surface area contributed by atoms with E-state index in [4.69, 9.17) is 14.6 Å². The molecule has 9 nitrogen and oxygen atoms in total. The highest BCUT2D eigenvalue weighted by Gasteiger charge is 2.36. The van der Waals surface area contributed by atoms with Crippen LogP contribution in [0.25, 0.3) is 6.08 Å². The van der Waals surface area contributed by atoms with E-state index in [1.807, 2.05) is 13.0 Å². The van der Waals surface area contributed by atoms with Crippen LogP contribution in [0, 0.1) is 6.92 Å². The first-order chi connectivity index (χ1) is 18.2. The maximum absolute atomic E-state index is 12.9. The van der Waals surface area contributed by atoms with Crippen LogP contribution < -0.4 is 14.8 Å². The molecule has 194 valence electrons. The van der Waals surface area contributed by atoms with Gasteiger partial charge in [-0.3, -0.25) is 19.3 Å². The molecule has 0 aromatic heterocycles. The molecule has 1 heterocycles. The number of carbonyl (C=O) groups excluding carboxylic acids is 3. The van der Waals surface area contributed by atoms with Gasteiger partial charge in [-0.15, -0.1) is 0 Å². The van der Waals surface area contributed by atoms with Crippen molar-refractivity contribution in [1.29, 1.82) is 0 Å². The molecule has 1 saturated heterocycles. The standard InChI is InChI=1S/C28H24N2O7S/c1-17-4-3-5-21(12-17)29-25(31)15-30-26(32)24(38-28(30)35)14-19-8-11-22(23(13-19)36-2)37-16-18-6-9-20(10-7-18)27(33)34/h3-14H,15-16H2,1-2H3,(H,29,31)(H,33,34)/b24-14-.